The maximum atomic E-state index is 6.15. The fourth-order valence-corrected chi connectivity index (χ4v) is 3.33. The fourth-order valence-electron chi connectivity index (χ4n) is 3.07. The first kappa shape index (κ1) is 14.8. The summed E-state index contributed by atoms with van der Waals surface area (Å²) in [5, 5.41) is 0. The third kappa shape index (κ3) is 3.05. The quantitative estimate of drug-likeness (QED) is 0.915. The van der Waals surface area contributed by atoms with Crippen LogP contribution in [-0.4, -0.2) is 17.0 Å². The lowest BCUT2D eigenvalue weighted by Crippen LogP contribution is -2.50. The SMILES string of the molecule is CC(CN)(Cc1ccc(Br)cc1)N1Cc2ccccc2C1. The highest BCUT2D eigenvalue weighted by molar-refractivity contribution is 9.10. The molecule has 3 rings (SSSR count). The molecule has 3 heteroatoms. The second-order valence-corrected chi connectivity index (χ2v) is 7.04. The van der Waals surface area contributed by atoms with Gasteiger partial charge in [-0.05, 0) is 42.2 Å². The van der Waals surface area contributed by atoms with E-state index in [0.29, 0.717) is 6.54 Å². The summed E-state index contributed by atoms with van der Waals surface area (Å²) in [7, 11) is 0. The Morgan fingerprint density at radius 3 is 2.14 bits per heavy atom. The summed E-state index contributed by atoms with van der Waals surface area (Å²) in [5.74, 6) is 0. The molecule has 0 saturated heterocycles. The number of nitrogens with zero attached hydrogens (tertiary/aromatic N) is 1. The zero-order valence-electron chi connectivity index (χ0n) is 12.3. The second kappa shape index (κ2) is 5.91. The molecule has 1 aliphatic rings. The molecule has 0 saturated carbocycles. The van der Waals surface area contributed by atoms with Gasteiger partial charge in [-0.15, -0.1) is 0 Å². The van der Waals surface area contributed by atoms with Crippen LogP contribution in [0.1, 0.15) is 23.6 Å². The molecular formula is C18H21BrN2. The minimum atomic E-state index is -0.00709. The highest BCUT2D eigenvalue weighted by Crippen LogP contribution is 2.31. The first-order valence-corrected chi connectivity index (χ1v) is 8.16. The number of hydrogen-bond acceptors (Lipinski definition) is 2. The summed E-state index contributed by atoms with van der Waals surface area (Å²) in [4.78, 5) is 2.51. The van der Waals surface area contributed by atoms with Crippen LogP contribution in [0.25, 0.3) is 0 Å². The third-order valence-corrected chi connectivity index (χ3v) is 5.07. The minimum Gasteiger partial charge on any atom is -0.329 e. The molecule has 2 nitrogen and oxygen atoms in total. The second-order valence-electron chi connectivity index (χ2n) is 6.13. The number of nitrogens with two attached hydrogens (primary N) is 1. The van der Waals surface area contributed by atoms with Gasteiger partial charge >= 0.3 is 0 Å². The van der Waals surface area contributed by atoms with Gasteiger partial charge in [-0.1, -0.05) is 52.3 Å². The molecule has 2 N–H and O–H groups in total. The van der Waals surface area contributed by atoms with Gasteiger partial charge in [-0.2, -0.15) is 0 Å². The van der Waals surface area contributed by atoms with Gasteiger partial charge in [-0.25, -0.2) is 0 Å². The van der Waals surface area contributed by atoms with Crippen LogP contribution >= 0.6 is 15.9 Å². The van der Waals surface area contributed by atoms with Crippen molar-refractivity contribution in [2.24, 2.45) is 5.73 Å². The van der Waals surface area contributed by atoms with Crippen LogP contribution in [-0.2, 0) is 19.5 Å². The predicted molar refractivity (Wildman–Crippen MR) is 91.0 cm³/mol. The molecule has 0 amide bonds. The van der Waals surface area contributed by atoms with Crippen molar-refractivity contribution in [2.75, 3.05) is 6.54 Å². The van der Waals surface area contributed by atoms with Crippen LogP contribution < -0.4 is 5.73 Å². The number of hydrogen-bond donors (Lipinski definition) is 1. The Bertz CT molecular complexity index is 598. The average Bonchev–Trinajstić information content (AvgIpc) is 2.94. The number of rotatable bonds is 4. The molecule has 0 aromatic heterocycles. The van der Waals surface area contributed by atoms with Gasteiger partial charge in [0.15, 0.2) is 0 Å². The van der Waals surface area contributed by atoms with Crippen molar-refractivity contribution >= 4 is 15.9 Å². The van der Waals surface area contributed by atoms with E-state index in [2.05, 4.69) is 76.3 Å². The zero-order chi connectivity index (χ0) is 14.9. The van der Waals surface area contributed by atoms with Crippen LogP contribution in [0.4, 0.5) is 0 Å². The van der Waals surface area contributed by atoms with Gasteiger partial charge in [0.2, 0.25) is 0 Å². The minimum absolute atomic E-state index is 0.00709. The zero-order valence-corrected chi connectivity index (χ0v) is 13.9. The number of fused-ring (bicyclic) bond motifs is 1. The molecule has 0 radical (unpaired) electrons. The van der Waals surface area contributed by atoms with Gasteiger partial charge in [-0.3, -0.25) is 4.90 Å². The van der Waals surface area contributed by atoms with Gasteiger partial charge in [0.05, 0.1) is 0 Å². The maximum absolute atomic E-state index is 6.15. The van der Waals surface area contributed by atoms with E-state index in [-0.39, 0.29) is 5.54 Å². The van der Waals surface area contributed by atoms with Gasteiger partial charge in [0.1, 0.15) is 0 Å². The van der Waals surface area contributed by atoms with Gasteiger partial charge in [0.25, 0.3) is 0 Å². The molecule has 110 valence electrons. The molecule has 1 aliphatic heterocycles. The molecule has 2 aromatic rings. The molecule has 0 aliphatic carbocycles. The molecular weight excluding hydrogens is 324 g/mol. The van der Waals surface area contributed by atoms with E-state index >= 15 is 0 Å². The van der Waals surface area contributed by atoms with Crippen molar-refractivity contribution in [3.05, 3.63) is 69.7 Å². The fraction of sp³-hybridized carbons (Fsp3) is 0.333. The lowest BCUT2D eigenvalue weighted by atomic mass is 9.91. The monoisotopic (exact) mass is 344 g/mol. The average molecular weight is 345 g/mol. The lowest BCUT2D eigenvalue weighted by molar-refractivity contribution is 0.108. The summed E-state index contributed by atoms with van der Waals surface area (Å²) in [6.45, 7) is 4.94. The van der Waals surface area contributed by atoms with E-state index in [4.69, 9.17) is 5.73 Å². The molecule has 0 spiro atoms. The summed E-state index contributed by atoms with van der Waals surface area (Å²) < 4.78 is 1.12. The van der Waals surface area contributed by atoms with E-state index < -0.39 is 0 Å². The molecule has 2 aromatic carbocycles. The molecule has 0 bridgehead atoms. The smallest absolute Gasteiger partial charge is 0.0350 e. The summed E-state index contributed by atoms with van der Waals surface area (Å²) in [6, 6.07) is 17.3. The van der Waals surface area contributed by atoms with Crippen LogP contribution in [0.15, 0.2) is 53.0 Å². The Balaban J connectivity index is 1.79. The largest absolute Gasteiger partial charge is 0.329 e. The van der Waals surface area contributed by atoms with Crippen molar-refractivity contribution < 1.29 is 0 Å². The van der Waals surface area contributed by atoms with E-state index in [1.54, 1.807) is 0 Å². The molecule has 1 atom stereocenters. The van der Waals surface area contributed by atoms with E-state index in [1.807, 2.05) is 0 Å². The van der Waals surface area contributed by atoms with Gasteiger partial charge in [0, 0.05) is 29.6 Å². The molecule has 1 unspecified atom stereocenters. The van der Waals surface area contributed by atoms with Crippen molar-refractivity contribution in [2.45, 2.75) is 32.0 Å². The standard InChI is InChI=1S/C18H21BrN2/c1-18(13-20,10-14-6-8-17(19)9-7-14)21-11-15-4-2-3-5-16(15)12-21/h2-9H,10-13,20H2,1H3. The summed E-state index contributed by atoms with van der Waals surface area (Å²) in [5.41, 5.74) is 10.4. The van der Waals surface area contributed by atoms with Crippen LogP contribution in [0, 0.1) is 0 Å². The van der Waals surface area contributed by atoms with Crippen molar-refractivity contribution in [3.63, 3.8) is 0 Å². The number of halogens is 1. The Hall–Kier alpha value is -1.16. The van der Waals surface area contributed by atoms with E-state index in [9.17, 15) is 0 Å². The van der Waals surface area contributed by atoms with E-state index in [0.717, 1.165) is 24.0 Å². The molecule has 0 fully saturated rings. The first-order chi connectivity index (χ1) is 10.1. The first-order valence-electron chi connectivity index (χ1n) is 7.37. The normalized spacial score (nSPS) is 17.5. The third-order valence-electron chi connectivity index (χ3n) is 4.54. The Kier molecular flexibility index (Phi) is 4.16. The summed E-state index contributed by atoms with van der Waals surface area (Å²) >= 11 is 3.49. The predicted octanol–water partition coefficient (Wildman–Crippen LogP) is 3.72. The van der Waals surface area contributed by atoms with Crippen LogP contribution in [0.2, 0.25) is 0 Å². The van der Waals surface area contributed by atoms with Crippen LogP contribution in [0.5, 0.6) is 0 Å². The lowest BCUT2D eigenvalue weighted by Gasteiger charge is -2.38. The van der Waals surface area contributed by atoms with E-state index in [1.165, 1.54) is 16.7 Å². The van der Waals surface area contributed by atoms with Crippen LogP contribution in [0.3, 0.4) is 0 Å². The highest BCUT2D eigenvalue weighted by atomic mass is 79.9. The van der Waals surface area contributed by atoms with Crippen molar-refractivity contribution in [3.8, 4) is 0 Å². The molecule has 21 heavy (non-hydrogen) atoms. The van der Waals surface area contributed by atoms with Crippen molar-refractivity contribution in [1.82, 2.24) is 4.90 Å². The maximum Gasteiger partial charge on any atom is 0.0350 e. The Morgan fingerprint density at radius 2 is 1.62 bits per heavy atom. The Morgan fingerprint density at radius 1 is 1.05 bits per heavy atom. The Labute approximate surface area is 135 Å². The molecule has 1 heterocycles. The van der Waals surface area contributed by atoms with Crippen molar-refractivity contribution in [1.29, 1.82) is 0 Å². The highest BCUT2D eigenvalue weighted by Gasteiger charge is 2.34. The summed E-state index contributed by atoms with van der Waals surface area (Å²) in [6.07, 6.45) is 0.977. The number of benzene rings is 2. The van der Waals surface area contributed by atoms with Gasteiger partial charge < -0.3 is 5.73 Å². The topological polar surface area (TPSA) is 29.3 Å².